The first-order valence-electron chi connectivity index (χ1n) is 41.3. The van der Waals surface area contributed by atoms with Crippen LogP contribution in [0, 0.1) is 0 Å². The van der Waals surface area contributed by atoms with Crippen LogP contribution < -0.4 is 95.9 Å². The minimum absolute atomic E-state index is 0.0161. The van der Waals surface area contributed by atoms with E-state index in [2.05, 4.69) is 185 Å². The minimum atomic E-state index is -4.41. The van der Waals surface area contributed by atoms with E-state index in [4.69, 9.17) is 61.4 Å². The maximum atomic E-state index is 12.0. The van der Waals surface area contributed by atoms with Gasteiger partial charge < -0.3 is 94.1 Å². The molecule has 1 aromatic carbocycles. The number of hydrogen-bond donors (Lipinski definition) is 26. The summed E-state index contributed by atoms with van der Waals surface area (Å²) >= 11 is 1.20. The van der Waals surface area contributed by atoms with E-state index in [9.17, 15) is 83.8 Å². The summed E-state index contributed by atoms with van der Waals surface area (Å²) in [5.74, 6) is -4.71. The number of aromatic nitrogens is 21. The summed E-state index contributed by atoms with van der Waals surface area (Å²) in [7, 11) is -28.1. The Kier molecular flexibility index (Phi) is 53.1. The number of carboxylic acids is 3. The number of carboxylic acid groups (broad SMARTS) is 3. The Bertz CT molecular complexity index is 6670. The maximum Gasteiger partial charge on any atom is 0.425 e. The molecule has 0 radical (unpaired) electrons. The van der Waals surface area contributed by atoms with Crippen LogP contribution >= 0.6 is 11.3 Å². The molecule has 0 aliphatic heterocycles. The standard InChI is InChI=1S/C16H20N6O7S.C14H29N7O6S2.C13H18N8O7S.C13H19N7O5S2.C11H17N9O5S.O3S/c1-3-17-9-13-19-15(18-11-6-5-7-12(8-11)30(25,26)27)21-16(20-13)22(10-14(23)24)29-28-4-2;1-2-16-11-12-18-13(15)20-14(19-12)17-5-8-21(6-3-9-28(22,23)24)7-4-10-29(25,26)27;1-2-14-5-7-16-11(15-3-4-29(25,26)27)21-12(17-7)18-8-9(23)19-13(24)20-10(8)28-6-22;1-2-14-6-9-17-11(15-3-4-27(23,24)25)19-12(18-9)20-13-16-8(7-26-13)5-10(21)22;1-2-12-5-6-14-9(13-3-4-26(23,24)25)17-10(15-6)18-11-16-7(8(21)22)19-20-11;1-4(2)3/h4-8,17H,2-3,9-10H2,1H3,(H,23,24)(H,25,26,27)(H,18,19,20,21);16H,2-11H2,1H3,(H,22,23,24)(H,25,26,27)(H3,15,17,18,19,20);6,14H,2-5H2,1H3,(H,25,26,27)(H2,19,20,23,24)(H2,15,16,17,18,21);7,14H,2-6H2,1H3,(H,21,22)(H,23,24,25)(H2,15,16,17,18,19,20);12H,2-5H2,1H3,(H,21,22)(H,23,24,25)(H3,13,14,15,16,17,18,19,20);. The molecule has 27 N–H and O–H groups in total. The molecule has 802 valence electrons. The molecular weight excluding hydrogens is 2110 g/mol. The predicted octanol–water partition coefficient (Wildman–Crippen LogP) is -4.42. The van der Waals surface area contributed by atoms with Gasteiger partial charge in [-0.2, -0.15) is 135 Å². The van der Waals surface area contributed by atoms with Gasteiger partial charge in [-0.1, -0.05) is 52.3 Å². The fraction of sp³-hybridized carbons (Fsp3) is 0.463. The van der Waals surface area contributed by atoms with Crippen LogP contribution in [0.4, 0.5) is 81.9 Å². The summed E-state index contributed by atoms with van der Waals surface area (Å²) in [6.45, 7) is 18.1. The number of nitrogen functional groups attached to an aromatic ring is 1. The molecule has 9 aromatic rings. The Balaban J connectivity index is 0.000000374. The Morgan fingerprint density at radius 2 is 0.931 bits per heavy atom. The molecule has 0 fully saturated rings. The van der Waals surface area contributed by atoms with E-state index in [0.717, 1.165) is 17.9 Å². The van der Waals surface area contributed by atoms with Crippen molar-refractivity contribution in [1.29, 1.82) is 0 Å². The highest BCUT2D eigenvalue weighted by molar-refractivity contribution is 7.87. The summed E-state index contributed by atoms with van der Waals surface area (Å²) in [4.78, 5) is 151. The smallest absolute Gasteiger partial charge is 0.425 e. The second-order valence-corrected chi connectivity index (χ2v) is 38.0. The minimum Gasteiger partial charge on any atom is -0.481 e. The highest BCUT2D eigenvalue weighted by atomic mass is 32.2. The number of aromatic carboxylic acids is 1. The van der Waals surface area contributed by atoms with Crippen LogP contribution in [0.5, 0.6) is 5.88 Å². The summed E-state index contributed by atoms with van der Waals surface area (Å²) < 4.78 is 214. The van der Waals surface area contributed by atoms with Gasteiger partial charge in [0, 0.05) is 43.8 Å². The van der Waals surface area contributed by atoms with Crippen molar-refractivity contribution < 1.29 is 140 Å². The lowest BCUT2D eigenvalue weighted by Gasteiger charge is -2.22. The zero-order valence-electron chi connectivity index (χ0n) is 76.7. The average Bonchev–Trinajstić information content (AvgIpc) is 1.69. The molecule has 0 amide bonds. The molecular formula is C67H103N37O33S8. The molecule has 8 aromatic heterocycles. The first kappa shape index (κ1) is 123. The molecule has 0 saturated carbocycles. The largest absolute Gasteiger partial charge is 0.481 e. The fourth-order valence-electron chi connectivity index (χ4n) is 10.0. The van der Waals surface area contributed by atoms with Crippen LogP contribution in [0.2, 0.25) is 0 Å². The lowest BCUT2D eigenvalue weighted by Crippen LogP contribution is -2.33. The normalized spacial score (nSPS) is 11.3. The number of hydroxylamine groups is 1. The first-order chi connectivity index (χ1) is 68.2. The van der Waals surface area contributed by atoms with Gasteiger partial charge >= 0.3 is 34.2 Å². The highest BCUT2D eigenvalue weighted by Crippen LogP contribution is 2.24. The Morgan fingerprint density at radius 3 is 1.35 bits per heavy atom. The van der Waals surface area contributed by atoms with Crippen LogP contribution in [-0.2, 0) is 135 Å². The Labute approximate surface area is 828 Å². The molecule has 0 atom stereocenters. The molecule has 0 unspecified atom stereocenters. The molecule has 78 heteroatoms. The van der Waals surface area contributed by atoms with E-state index in [-0.39, 0.29) is 152 Å². The van der Waals surface area contributed by atoms with Crippen molar-refractivity contribution in [3.63, 3.8) is 0 Å². The van der Waals surface area contributed by atoms with Crippen LogP contribution in [0.25, 0.3) is 0 Å². The van der Waals surface area contributed by atoms with E-state index >= 15 is 0 Å². The number of aliphatic carboxylic acids is 2. The van der Waals surface area contributed by atoms with E-state index in [0.29, 0.717) is 106 Å². The summed E-state index contributed by atoms with van der Waals surface area (Å²) in [6, 6.07) is 5.32. The zero-order valence-corrected chi connectivity index (χ0v) is 83.3. The third-order valence-electron chi connectivity index (χ3n) is 15.9. The molecule has 0 aliphatic carbocycles. The number of nitrogens with two attached hydrogens (primary N) is 1. The van der Waals surface area contributed by atoms with Crippen molar-refractivity contribution in [2.45, 2.75) is 91.5 Å². The topological polar surface area (TPSA) is 1040 Å². The molecule has 9 rings (SSSR count). The predicted molar refractivity (Wildman–Crippen MR) is 510 cm³/mol. The number of H-pyrrole nitrogens is 3. The highest BCUT2D eigenvalue weighted by Gasteiger charge is 2.24. The summed E-state index contributed by atoms with van der Waals surface area (Å²) in [5.41, 5.74) is 4.19. The number of nitrogens with zero attached hydrogens (tertiary/aromatic N) is 20. The van der Waals surface area contributed by atoms with Crippen LogP contribution in [0.3, 0.4) is 0 Å². The quantitative estimate of drug-likeness (QED) is 0.00562. The van der Waals surface area contributed by atoms with E-state index in [1.807, 2.05) is 44.5 Å². The van der Waals surface area contributed by atoms with Gasteiger partial charge in [-0.05, 0) is 76.9 Å². The molecule has 0 spiro atoms. The zero-order chi connectivity index (χ0) is 108. The number of benzene rings is 1. The number of anilines is 14. The second-order valence-electron chi connectivity index (χ2n) is 27.4. The van der Waals surface area contributed by atoms with E-state index < -0.39 is 142 Å². The van der Waals surface area contributed by atoms with Crippen molar-refractivity contribution in [3.05, 3.63) is 104 Å². The monoisotopic (exact) mass is 2210 g/mol. The van der Waals surface area contributed by atoms with Crippen molar-refractivity contribution in [2.24, 2.45) is 0 Å². The number of nitrogens with one attached hydrogen (secondary N) is 16. The van der Waals surface area contributed by atoms with Gasteiger partial charge in [-0.15, -0.1) is 29.1 Å². The van der Waals surface area contributed by atoms with E-state index in [1.165, 1.54) is 35.6 Å². The fourth-order valence-corrected chi connectivity index (χ4v) is 13.3. The van der Waals surface area contributed by atoms with Crippen LogP contribution in [0.15, 0.2) is 57.0 Å². The molecule has 0 saturated heterocycles. The number of ether oxygens (including phenoxy) is 1. The molecule has 145 heavy (non-hydrogen) atoms. The Hall–Kier alpha value is -14.1. The van der Waals surface area contributed by atoms with Crippen molar-refractivity contribution in [1.82, 2.24) is 136 Å². The number of hydrogen-bond acceptors (Lipinski definition) is 59. The van der Waals surface area contributed by atoms with E-state index in [1.54, 1.807) is 5.38 Å². The van der Waals surface area contributed by atoms with Crippen molar-refractivity contribution in [3.8, 4) is 5.88 Å². The van der Waals surface area contributed by atoms with Gasteiger partial charge in [0.05, 0.1) is 78.5 Å². The SMILES string of the molecule is C=COON(CC(=O)O)c1nc(CNCC)nc(Nc2cccc(S(=O)(=O)O)c2)n1.CCNCc1nc(N)nc(NCCN(CCCS(=O)(=O)O)CCCS(=O)(=O)O)n1.CCNCc1nc(NCCS(=O)(=O)O)nc(Nc2c(OC=O)[nH]c(=O)[nH]c2=O)n1.CCNCc1nc(NCCS(=O)(=O)O)nc(Nc2n[nH]c(C(=O)O)n2)n1.CCNCc1nc(NCCS(=O)(=O)O)nc(Nc2nc(CC(=O)O)cs2)n1.O=S(=O)=O. The van der Waals surface area contributed by atoms with Crippen LogP contribution in [-0.4, -0.2) is 354 Å². The van der Waals surface area contributed by atoms with Gasteiger partial charge in [0.2, 0.25) is 71.2 Å². The third-order valence-corrected chi connectivity index (χ3v) is 21.3. The lowest BCUT2D eigenvalue weighted by atomic mass is 10.3. The average molecular weight is 2210 g/mol. The summed E-state index contributed by atoms with van der Waals surface area (Å²) in [5, 5.41) is 72.3. The lowest BCUT2D eigenvalue weighted by molar-refractivity contribution is -0.260. The molecule has 70 nitrogen and oxygen atoms in total. The molecule has 0 bridgehead atoms. The Morgan fingerprint density at radius 1 is 0.503 bits per heavy atom. The van der Waals surface area contributed by atoms with Gasteiger partial charge in [0.25, 0.3) is 78.7 Å². The van der Waals surface area contributed by atoms with Crippen molar-refractivity contribution in [2.75, 3.05) is 167 Å². The van der Waals surface area contributed by atoms with Crippen LogP contribution in [0.1, 0.15) is 92.9 Å². The van der Waals surface area contributed by atoms with Gasteiger partial charge in [0.1, 0.15) is 35.4 Å². The third kappa shape index (κ3) is 55.4. The maximum absolute atomic E-state index is 12.0. The van der Waals surface area contributed by atoms with Gasteiger partial charge in [0.15, 0.2) is 17.4 Å². The number of rotatable bonds is 59. The van der Waals surface area contributed by atoms with Crippen molar-refractivity contribution >= 4 is 189 Å². The second kappa shape index (κ2) is 62.5. The number of carbonyl (C=O) groups is 4. The van der Waals surface area contributed by atoms with Gasteiger partial charge in [-0.25, -0.2) is 14.6 Å². The number of thiazole rings is 1. The number of aromatic amines is 3. The molecule has 8 heterocycles. The first-order valence-corrected chi connectivity index (χ1v) is 52.7. The van der Waals surface area contributed by atoms with Gasteiger partial charge in [-0.3, -0.25) is 72.2 Å². The number of carbonyl (C=O) groups excluding carboxylic acids is 1. The summed E-state index contributed by atoms with van der Waals surface area (Å²) in [6.07, 6.45) is 1.10. The molecule has 0 aliphatic rings.